The first kappa shape index (κ1) is 14.5. The lowest BCUT2D eigenvalue weighted by Gasteiger charge is -2.26. The van der Waals surface area contributed by atoms with Crippen molar-refractivity contribution in [3.05, 3.63) is 33.3 Å². The number of hydrogen-bond donors (Lipinski definition) is 1. The Bertz CT molecular complexity index is 407. The molecule has 0 radical (unpaired) electrons. The van der Waals surface area contributed by atoms with Crippen molar-refractivity contribution in [3.63, 3.8) is 0 Å². The Labute approximate surface area is 115 Å². The first-order valence-electron chi connectivity index (χ1n) is 5.43. The van der Waals surface area contributed by atoms with E-state index in [1.807, 2.05) is 18.7 Å². The van der Waals surface area contributed by atoms with E-state index in [1.54, 1.807) is 18.2 Å². The monoisotopic (exact) mass is 319 g/mol. The fourth-order valence-electron chi connectivity index (χ4n) is 1.78. The van der Waals surface area contributed by atoms with Gasteiger partial charge in [0.25, 0.3) is 0 Å². The van der Waals surface area contributed by atoms with Crippen molar-refractivity contribution in [2.45, 2.75) is 19.9 Å². The zero-order valence-electron chi connectivity index (χ0n) is 9.78. The predicted octanol–water partition coefficient (Wildman–Crippen LogP) is 3.57. The van der Waals surface area contributed by atoms with E-state index < -0.39 is 12.0 Å². The highest BCUT2D eigenvalue weighted by atomic mass is 79.9. The molecular weight excluding hydrogens is 305 g/mol. The molecule has 3 nitrogen and oxygen atoms in total. The minimum atomic E-state index is -0.855. The van der Waals surface area contributed by atoms with Crippen molar-refractivity contribution in [2.75, 3.05) is 13.1 Å². The van der Waals surface area contributed by atoms with Crippen LogP contribution in [0.1, 0.15) is 25.5 Å². The summed E-state index contributed by atoms with van der Waals surface area (Å²) in [6, 6.07) is 4.61. The first-order chi connectivity index (χ1) is 8.01. The van der Waals surface area contributed by atoms with Gasteiger partial charge in [0.1, 0.15) is 6.04 Å². The van der Waals surface area contributed by atoms with Gasteiger partial charge in [-0.25, -0.2) is 0 Å². The van der Waals surface area contributed by atoms with Crippen molar-refractivity contribution in [3.8, 4) is 0 Å². The molecular formula is C12H15BrClNO2. The van der Waals surface area contributed by atoms with Gasteiger partial charge in [0.15, 0.2) is 0 Å². The van der Waals surface area contributed by atoms with E-state index in [2.05, 4.69) is 15.9 Å². The Kier molecular flexibility index (Phi) is 5.43. The molecule has 0 spiro atoms. The van der Waals surface area contributed by atoms with Crippen LogP contribution >= 0.6 is 27.5 Å². The number of nitrogens with zero attached hydrogens (tertiary/aromatic N) is 1. The van der Waals surface area contributed by atoms with Crippen LogP contribution in [0.5, 0.6) is 0 Å². The van der Waals surface area contributed by atoms with Gasteiger partial charge in [-0.1, -0.05) is 31.5 Å². The maximum absolute atomic E-state index is 11.4. The zero-order chi connectivity index (χ0) is 13.0. The molecule has 0 heterocycles. The quantitative estimate of drug-likeness (QED) is 0.901. The topological polar surface area (TPSA) is 40.5 Å². The molecule has 0 bridgehead atoms. The molecule has 0 fully saturated rings. The van der Waals surface area contributed by atoms with Crippen LogP contribution in [0.3, 0.4) is 0 Å². The van der Waals surface area contributed by atoms with E-state index in [9.17, 15) is 9.90 Å². The number of carboxylic acid groups (broad SMARTS) is 1. The second-order valence-electron chi connectivity index (χ2n) is 3.64. The normalized spacial score (nSPS) is 12.8. The zero-order valence-corrected chi connectivity index (χ0v) is 12.1. The molecule has 5 heteroatoms. The fraction of sp³-hybridized carbons (Fsp3) is 0.417. The summed E-state index contributed by atoms with van der Waals surface area (Å²) >= 11 is 9.29. The summed E-state index contributed by atoms with van der Waals surface area (Å²) in [4.78, 5) is 13.2. The van der Waals surface area contributed by atoms with Crippen molar-refractivity contribution < 1.29 is 9.90 Å². The number of halogens is 2. The molecule has 1 N–H and O–H groups in total. The average molecular weight is 321 g/mol. The molecule has 0 amide bonds. The number of carboxylic acids is 1. The average Bonchev–Trinajstić information content (AvgIpc) is 2.29. The van der Waals surface area contributed by atoms with Crippen LogP contribution in [0, 0.1) is 0 Å². The van der Waals surface area contributed by atoms with Gasteiger partial charge in [-0.2, -0.15) is 0 Å². The Morgan fingerprint density at radius 2 is 2.06 bits per heavy atom. The van der Waals surface area contributed by atoms with Gasteiger partial charge in [-0.15, -0.1) is 0 Å². The van der Waals surface area contributed by atoms with E-state index >= 15 is 0 Å². The molecule has 94 valence electrons. The molecule has 1 unspecified atom stereocenters. The molecule has 1 aromatic rings. The largest absolute Gasteiger partial charge is 0.480 e. The van der Waals surface area contributed by atoms with Crippen molar-refractivity contribution in [1.82, 2.24) is 4.90 Å². The standard InChI is InChI=1S/C12H15BrClNO2/c1-3-15(4-2)11(12(16)17)8-5-6-9(13)10(14)7-8/h5-7,11H,3-4H2,1-2H3,(H,16,17). The number of hydrogen-bond acceptors (Lipinski definition) is 2. The SMILES string of the molecule is CCN(CC)C(C(=O)O)c1ccc(Br)c(Cl)c1. The Morgan fingerprint density at radius 1 is 1.47 bits per heavy atom. The van der Waals surface area contributed by atoms with Gasteiger partial charge >= 0.3 is 5.97 Å². The summed E-state index contributed by atoms with van der Waals surface area (Å²) in [6.07, 6.45) is 0. The molecule has 0 aliphatic carbocycles. The second-order valence-corrected chi connectivity index (χ2v) is 4.90. The van der Waals surface area contributed by atoms with E-state index in [0.717, 1.165) is 4.47 Å². The minimum absolute atomic E-state index is 0.529. The predicted molar refractivity (Wildman–Crippen MR) is 72.4 cm³/mol. The van der Waals surface area contributed by atoms with Crippen LogP contribution in [0.2, 0.25) is 5.02 Å². The summed E-state index contributed by atoms with van der Waals surface area (Å²) < 4.78 is 0.770. The highest BCUT2D eigenvalue weighted by Crippen LogP contribution is 2.28. The van der Waals surface area contributed by atoms with Gasteiger partial charge in [-0.05, 0) is 46.7 Å². The van der Waals surface area contributed by atoms with Crippen LogP contribution in [0.15, 0.2) is 22.7 Å². The molecule has 0 aliphatic heterocycles. The lowest BCUT2D eigenvalue weighted by Crippen LogP contribution is -2.33. The third-order valence-electron chi connectivity index (χ3n) is 2.67. The molecule has 1 rings (SSSR count). The van der Waals surface area contributed by atoms with Crippen LogP contribution in [-0.2, 0) is 4.79 Å². The maximum atomic E-state index is 11.4. The highest BCUT2D eigenvalue weighted by molar-refractivity contribution is 9.10. The van der Waals surface area contributed by atoms with Crippen LogP contribution in [0.4, 0.5) is 0 Å². The highest BCUT2D eigenvalue weighted by Gasteiger charge is 2.25. The summed E-state index contributed by atoms with van der Waals surface area (Å²) in [5, 5.41) is 9.85. The van der Waals surface area contributed by atoms with E-state index in [-0.39, 0.29) is 0 Å². The number of likely N-dealkylation sites (N-methyl/N-ethyl adjacent to an activating group) is 1. The summed E-state index contributed by atoms with van der Waals surface area (Å²) in [6.45, 7) is 5.25. The third-order valence-corrected chi connectivity index (χ3v) is 3.90. The van der Waals surface area contributed by atoms with E-state index in [4.69, 9.17) is 11.6 Å². The molecule has 1 aromatic carbocycles. The Balaban J connectivity index is 3.13. The Morgan fingerprint density at radius 3 is 2.47 bits per heavy atom. The van der Waals surface area contributed by atoms with Crippen molar-refractivity contribution in [1.29, 1.82) is 0 Å². The molecule has 0 saturated heterocycles. The molecule has 0 aromatic heterocycles. The maximum Gasteiger partial charge on any atom is 0.325 e. The second kappa shape index (κ2) is 6.38. The van der Waals surface area contributed by atoms with Crippen molar-refractivity contribution in [2.24, 2.45) is 0 Å². The summed E-state index contributed by atoms with van der Waals surface area (Å²) in [5.41, 5.74) is 0.703. The minimum Gasteiger partial charge on any atom is -0.480 e. The molecule has 0 aliphatic rings. The summed E-state index contributed by atoms with van der Waals surface area (Å²) in [5.74, 6) is -0.855. The van der Waals surface area contributed by atoms with Crippen LogP contribution in [-0.4, -0.2) is 29.1 Å². The van der Waals surface area contributed by atoms with E-state index in [0.29, 0.717) is 23.7 Å². The Hall–Kier alpha value is -0.580. The molecule has 17 heavy (non-hydrogen) atoms. The van der Waals surface area contributed by atoms with Gasteiger partial charge < -0.3 is 5.11 Å². The van der Waals surface area contributed by atoms with Crippen LogP contribution in [0.25, 0.3) is 0 Å². The number of rotatable bonds is 5. The number of aliphatic carboxylic acids is 1. The first-order valence-corrected chi connectivity index (χ1v) is 6.60. The lowest BCUT2D eigenvalue weighted by molar-refractivity contribution is -0.143. The van der Waals surface area contributed by atoms with Gasteiger partial charge in [0.05, 0.1) is 5.02 Å². The van der Waals surface area contributed by atoms with E-state index in [1.165, 1.54) is 0 Å². The van der Waals surface area contributed by atoms with Crippen molar-refractivity contribution >= 4 is 33.5 Å². The fourth-order valence-corrected chi connectivity index (χ4v) is 2.22. The number of carbonyl (C=O) groups is 1. The molecule has 0 saturated carbocycles. The molecule has 1 atom stereocenters. The van der Waals surface area contributed by atoms with Gasteiger partial charge in [0.2, 0.25) is 0 Å². The lowest BCUT2D eigenvalue weighted by atomic mass is 10.1. The smallest absolute Gasteiger partial charge is 0.325 e. The number of benzene rings is 1. The van der Waals surface area contributed by atoms with Crippen LogP contribution < -0.4 is 0 Å². The van der Waals surface area contributed by atoms with Gasteiger partial charge in [0, 0.05) is 4.47 Å². The third kappa shape index (κ3) is 3.44. The van der Waals surface area contributed by atoms with Gasteiger partial charge in [-0.3, -0.25) is 9.69 Å². The summed E-state index contributed by atoms with van der Waals surface area (Å²) in [7, 11) is 0.